The molecule has 0 N–H and O–H groups in total. The topological polar surface area (TPSA) is 37.4 Å². The average molecular weight is 239 g/mol. The highest BCUT2D eigenvalue weighted by molar-refractivity contribution is 7.74. The van der Waals surface area contributed by atoms with E-state index in [2.05, 4.69) is 6.92 Å². The van der Waals surface area contributed by atoms with Crippen molar-refractivity contribution in [3.8, 4) is 0 Å². The SMILES string of the molecule is CCc1ccc(N(C2CCC2)[SH](=O)=O)cc1. The minimum absolute atomic E-state index is 0.189. The van der Waals surface area contributed by atoms with Gasteiger partial charge in [0.05, 0.1) is 5.69 Å². The molecule has 0 aliphatic heterocycles. The number of thiol groups is 1. The Morgan fingerprint density at radius 3 is 2.25 bits per heavy atom. The molecule has 1 aliphatic carbocycles. The van der Waals surface area contributed by atoms with Crippen LogP contribution in [0.25, 0.3) is 0 Å². The van der Waals surface area contributed by atoms with E-state index in [0.717, 1.165) is 31.4 Å². The van der Waals surface area contributed by atoms with Gasteiger partial charge in [0.25, 0.3) is 0 Å². The van der Waals surface area contributed by atoms with Crippen molar-refractivity contribution in [2.45, 2.75) is 38.6 Å². The van der Waals surface area contributed by atoms with E-state index in [1.165, 1.54) is 9.87 Å². The Labute approximate surface area is 98.2 Å². The summed E-state index contributed by atoms with van der Waals surface area (Å²) in [6, 6.07) is 8.00. The summed E-state index contributed by atoms with van der Waals surface area (Å²) in [5.41, 5.74) is 2.04. The second-order valence-electron chi connectivity index (χ2n) is 4.19. The van der Waals surface area contributed by atoms with Crippen molar-refractivity contribution in [1.82, 2.24) is 0 Å². The van der Waals surface area contributed by atoms with Crippen molar-refractivity contribution in [3.05, 3.63) is 29.8 Å². The summed E-state index contributed by atoms with van der Waals surface area (Å²) in [4.78, 5) is 0. The van der Waals surface area contributed by atoms with Gasteiger partial charge < -0.3 is 0 Å². The van der Waals surface area contributed by atoms with E-state index in [-0.39, 0.29) is 6.04 Å². The monoisotopic (exact) mass is 239 g/mol. The first-order chi connectivity index (χ1) is 7.72. The maximum atomic E-state index is 11.3. The molecule has 0 atom stereocenters. The average Bonchev–Trinajstić information content (AvgIpc) is 2.23. The first-order valence-electron chi connectivity index (χ1n) is 5.75. The zero-order valence-corrected chi connectivity index (χ0v) is 10.3. The molecule has 1 saturated carbocycles. The Bertz CT molecular complexity index is 413. The number of rotatable bonds is 4. The molecule has 0 saturated heterocycles. The molecule has 0 heterocycles. The Hall–Kier alpha value is -1.03. The quantitative estimate of drug-likeness (QED) is 0.817. The summed E-state index contributed by atoms with van der Waals surface area (Å²) >= 11 is 0. The molecule has 0 aromatic heterocycles. The highest BCUT2D eigenvalue weighted by atomic mass is 32.2. The maximum absolute atomic E-state index is 11.3. The summed E-state index contributed by atoms with van der Waals surface area (Å²) in [5.74, 6) is 0. The lowest BCUT2D eigenvalue weighted by molar-refractivity contribution is 0.418. The van der Waals surface area contributed by atoms with Crippen molar-refractivity contribution >= 4 is 16.6 Å². The van der Waals surface area contributed by atoms with Crippen molar-refractivity contribution in [1.29, 1.82) is 0 Å². The molecule has 4 heteroatoms. The molecule has 1 aromatic rings. The van der Waals surface area contributed by atoms with Gasteiger partial charge in [-0.05, 0) is 43.4 Å². The van der Waals surface area contributed by atoms with Gasteiger partial charge in [0, 0.05) is 6.04 Å². The third kappa shape index (κ3) is 2.21. The lowest BCUT2D eigenvalue weighted by atomic mass is 9.93. The van der Waals surface area contributed by atoms with Gasteiger partial charge in [0.15, 0.2) is 0 Å². The lowest BCUT2D eigenvalue weighted by Crippen LogP contribution is -2.39. The molecular formula is C12H17NO2S. The van der Waals surface area contributed by atoms with Crippen LogP contribution in [0.4, 0.5) is 5.69 Å². The maximum Gasteiger partial charge on any atom is 0.225 e. The van der Waals surface area contributed by atoms with Crippen LogP contribution in [0.3, 0.4) is 0 Å². The van der Waals surface area contributed by atoms with E-state index < -0.39 is 10.9 Å². The zero-order chi connectivity index (χ0) is 11.5. The molecule has 16 heavy (non-hydrogen) atoms. The lowest BCUT2D eigenvalue weighted by Gasteiger charge is -2.34. The number of aryl methyl sites for hydroxylation is 1. The molecule has 1 fully saturated rings. The molecule has 0 radical (unpaired) electrons. The van der Waals surface area contributed by atoms with Crippen LogP contribution in [-0.2, 0) is 17.3 Å². The van der Waals surface area contributed by atoms with Crippen molar-refractivity contribution in [2.24, 2.45) is 0 Å². The molecule has 3 nitrogen and oxygen atoms in total. The number of benzene rings is 1. The van der Waals surface area contributed by atoms with Crippen LogP contribution in [0.1, 0.15) is 31.7 Å². The predicted molar refractivity (Wildman–Crippen MR) is 66.3 cm³/mol. The van der Waals surface area contributed by atoms with Crippen molar-refractivity contribution in [2.75, 3.05) is 4.31 Å². The Balaban J connectivity index is 2.24. The summed E-state index contributed by atoms with van der Waals surface area (Å²) in [5, 5.41) is 0. The van der Waals surface area contributed by atoms with Gasteiger partial charge in [-0.15, -0.1) is 0 Å². The fraction of sp³-hybridized carbons (Fsp3) is 0.500. The van der Waals surface area contributed by atoms with Crippen LogP contribution >= 0.6 is 0 Å². The Morgan fingerprint density at radius 1 is 1.25 bits per heavy atom. The van der Waals surface area contributed by atoms with E-state index in [1.807, 2.05) is 24.3 Å². The molecule has 1 aromatic carbocycles. The third-order valence-electron chi connectivity index (χ3n) is 3.21. The van der Waals surface area contributed by atoms with E-state index in [9.17, 15) is 8.42 Å². The molecule has 0 bridgehead atoms. The molecular weight excluding hydrogens is 222 g/mol. The highest BCUT2D eigenvalue weighted by Crippen LogP contribution is 2.29. The molecule has 88 valence electrons. The molecule has 0 spiro atoms. The van der Waals surface area contributed by atoms with E-state index in [4.69, 9.17) is 0 Å². The number of nitrogens with zero attached hydrogens (tertiary/aromatic N) is 1. The predicted octanol–water partition coefficient (Wildman–Crippen LogP) is 2.13. The number of hydrogen-bond acceptors (Lipinski definition) is 2. The Morgan fingerprint density at radius 2 is 1.88 bits per heavy atom. The normalized spacial score (nSPS) is 16.1. The summed E-state index contributed by atoms with van der Waals surface area (Å²) < 4.78 is 24.0. The number of anilines is 1. The second kappa shape index (κ2) is 4.87. The smallest absolute Gasteiger partial charge is 0.225 e. The molecule has 1 aliphatic rings. The van der Waals surface area contributed by atoms with Crippen LogP contribution in [0.2, 0.25) is 0 Å². The standard InChI is InChI=1S/C12H17NO2S/c1-2-10-6-8-12(9-7-10)13(16(14)15)11-4-3-5-11/h6-9,11,16H,2-5H2,1H3. The minimum atomic E-state index is -2.51. The largest absolute Gasteiger partial charge is 0.269 e. The molecule has 0 amide bonds. The van der Waals surface area contributed by atoms with Crippen LogP contribution < -0.4 is 4.31 Å². The van der Waals surface area contributed by atoms with Crippen LogP contribution in [-0.4, -0.2) is 14.5 Å². The second-order valence-corrected chi connectivity index (χ2v) is 5.09. The summed E-state index contributed by atoms with van der Waals surface area (Å²) in [7, 11) is -2.51. The molecule has 0 unspecified atom stereocenters. The van der Waals surface area contributed by atoms with Gasteiger partial charge in [0.2, 0.25) is 10.9 Å². The summed E-state index contributed by atoms with van der Waals surface area (Å²) in [6.07, 6.45) is 4.09. The Kier molecular flexibility index (Phi) is 3.49. The fourth-order valence-electron chi connectivity index (χ4n) is 1.95. The van der Waals surface area contributed by atoms with Gasteiger partial charge in [-0.25, -0.2) is 8.42 Å². The van der Waals surface area contributed by atoms with E-state index in [1.54, 1.807) is 0 Å². The first kappa shape index (κ1) is 11.5. The highest BCUT2D eigenvalue weighted by Gasteiger charge is 2.26. The van der Waals surface area contributed by atoms with Crippen LogP contribution in [0.5, 0.6) is 0 Å². The first-order valence-corrected chi connectivity index (χ1v) is 6.88. The zero-order valence-electron chi connectivity index (χ0n) is 9.43. The van der Waals surface area contributed by atoms with Gasteiger partial charge in [-0.2, -0.15) is 0 Å². The summed E-state index contributed by atoms with van der Waals surface area (Å²) in [6.45, 7) is 2.09. The number of hydrogen-bond donors (Lipinski definition) is 1. The minimum Gasteiger partial charge on any atom is -0.269 e. The van der Waals surface area contributed by atoms with E-state index in [0.29, 0.717) is 0 Å². The van der Waals surface area contributed by atoms with Gasteiger partial charge >= 0.3 is 0 Å². The van der Waals surface area contributed by atoms with Gasteiger partial charge in [-0.1, -0.05) is 19.1 Å². The van der Waals surface area contributed by atoms with Crippen LogP contribution in [0, 0.1) is 0 Å². The van der Waals surface area contributed by atoms with Crippen LogP contribution in [0.15, 0.2) is 24.3 Å². The van der Waals surface area contributed by atoms with Gasteiger partial charge in [-0.3, -0.25) is 4.31 Å². The van der Waals surface area contributed by atoms with Crippen molar-refractivity contribution in [3.63, 3.8) is 0 Å². The third-order valence-corrected chi connectivity index (χ3v) is 4.12. The van der Waals surface area contributed by atoms with E-state index >= 15 is 0 Å². The fourth-order valence-corrected chi connectivity index (χ4v) is 2.77. The van der Waals surface area contributed by atoms with Gasteiger partial charge in [0.1, 0.15) is 0 Å². The van der Waals surface area contributed by atoms with Crippen molar-refractivity contribution < 1.29 is 8.42 Å². The molecule has 2 rings (SSSR count).